The highest BCUT2D eigenvalue weighted by atomic mass is 19.1. The summed E-state index contributed by atoms with van der Waals surface area (Å²) >= 11 is 0. The molecule has 0 bridgehead atoms. The first-order valence-electron chi connectivity index (χ1n) is 5.56. The van der Waals surface area contributed by atoms with Crippen molar-refractivity contribution in [1.82, 2.24) is 5.43 Å². The summed E-state index contributed by atoms with van der Waals surface area (Å²) in [6.07, 6.45) is 2.15. The lowest BCUT2D eigenvalue weighted by Gasteiger charge is -2.15. The Kier molecular flexibility index (Phi) is 3.96. The molecule has 1 aromatic carbocycles. The summed E-state index contributed by atoms with van der Waals surface area (Å²) < 4.78 is 23.7. The minimum Gasteiger partial charge on any atom is -0.494 e. The fourth-order valence-corrected chi connectivity index (χ4v) is 1.80. The Labute approximate surface area is 105 Å². The summed E-state index contributed by atoms with van der Waals surface area (Å²) in [5.74, 6) is 6.09. The molecule has 2 aromatic rings. The quantitative estimate of drug-likeness (QED) is 0.630. The van der Waals surface area contributed by atoms with Crippen molar-refractivity contribution in [3.63, 3.8) is 0 Å². The van der Waals surface area contributed by atoms with Gasteiger partial charge >= 0.3 is 0 Å². The molecule has 2 rings (SSSR count). The maximum atomic E-state index is 13.6. The zero-order valence-electron chi connectivity index (χ0n) is 10.0. The van der Waals surface area contributed by atoms with Crippen molar-refractivity contribution in [2.75, 3.05) is 7.11 Å². The Bertz CT molecular complexity index is 500. The van der Waals surface area contributed by atoms with E-state index in [1.54, 1.807) is 24.5 Å². The van der Waals surface area contributed by atoms with Crippen molar-refractivity contribution >= 4 is 0 Å². The van der Waals surface area contributed by atoms with Crippen LogP contribution >= 0.6 is 0 Å². The summed E-state index contributed by atoms with van der Waals surface area (Å²) in [5.41, 5.74) is 3.40. The van der Waals surface area contributed by atoms with E-state index in [0.29, 0.717) is 6.42 Å². The third-order valence-electron chi connectivity index (χ3n) is 2.76. The van der Waals surface area contributed by atoms with Gasteiger partial charge in [0.05, 0.1) is 19.4 Å². The van der Waals surface area contributed by atoms with Crippen LogP contribution in [-0.2, 0) is 6.42 Å². The Morgan fingerprint density at radius 1 is 1.44 bits per heavy atom. The van der Waals surface area contributed by atoms with Gasteiger partial charge in [-0.25, -0.2) is 4.39 Å². The summed E-state index contributed by atoms with van der Waals surface area (Å²) in [7, 11) is 1.43. The molecule has 0 saturated heterocycles. The summed E-state index contributed by atoms with van der Waals surface area (Å²) in [6, 6.07) is 8.21. The molecule has 18 heavy (non-hydrogen) atoms. The van der Waals surface area contributed by atoms with Crippen LogP contribution in [0.25, 0.3) is 0 Å². The minimum atomic E-state index is -0.408. The topological polar surface area (TPSA) is 60.4 Å². The molecule has 0 fully saturated rings. The van der Waals surface area contributed by atoms with Crippen molar-refractivity contribution in [1.29, 1.82) is 0 Å². The molecule has 96 valence electrons. The monoisotopic (exact) mass is 250 g/mol. The van der Waals surface area contributed by atoms with Gasteiger partial charge in [-0.1, -0.05) is 6.07 Å². The van der Waals surface area contributed by atoms with Crippen LogP contribution in [0.15, 0.2) is 41.0 Å². The van der Waals surface area contributed by atoms with Gasteiger partial charge in [0.25, 0.3) is 0 Å². The number of hydrogen-bond acceptors (Lipinski definition) is 4. The van der Waals surface area contributed by atoms with Gasteiger partial charge in [0.1, 0.15) is 5.76 Å². The Hall–Kier alpha value is -1.85. The average molecular weight is 250 g/mol. The third kappa shape index (κ3) is 2.69. The molecular weight excluding hydrogens is 235 g/mol. The highest BCUT2D eigenvalue weighted by Crippen LogP contribution is 2.23. The van der Waals surface area contributed by atoms with Gasteiger partial charge in [-0.3, -0.25) is 11.3 Å². The van der Waals surface area contributed by atoms with Crippen LogP contribution in [0.2, 0.25) is 0 Å². The highest BCUT2D eigenvalue weighted by Gasteiger charge is 2.14. The number of hydrazine groups is 1. The molecule has 5 heteroatoms. The zero-order chi connectivity index (χ0) is 13.0. The second-order valence-corrected chi connectivity index (χ2v) is 3.90. The van der Waals surface area contributed by atoms with Crippen molar-refractivity contribution in [2.24, 2.45) is 5.84 Å². The molecule has 0 saturated carbocycles. The van der Waals surface area contributed by atoms with E-state index in [1.807, 2.05) is 6.07 Å². The summed E-state index contributed by atoms with van der Waals surface area (Å²) in [6.45, 7) is 0. The van der Waals surface area contributed by atoms with Gasteiger partial charge in [-0.15, -0.1) is 0 Å². The fraction of sp³-hybridized carbons (Fsp3) is 0.231. The molecule has 1 aromatic heterocycles. The van der Waals surface area contributed by atoms with E-state index < -0.39 is 5.82 Å². The van der Waals surface area contributed by atoms with Crippen molar-refractivity contribution < 1.29 is 13.5 Å². The van der Waals surface area contributed by atoms with Gasteiger partial charge in [-0.2, -0.15) is 0 Å². The van der Waals surface area contributed by atoms with Crippen molar-refractivity contribution in [3.05, 3.63) is 53.7 Å². The molecule has 1 unspecified atom stereocenters. The third-order valence-corrected chi connectivity index (χ3v) is 2.76. The van der Waals surface area contributed by atoms with E-state index >= 15 is 0 Å². The molecule has 1 atom stereocenters. The van der Waals surface area contributed by atoms with Crippen LogP contribution in [0.3, 0.4) is 0 Å². The lowest BCUT2D eigenvalue weighted by Crippen LogP contribution is -2.29. The van der Waals surface area contributed by atoms with E-state index in [-0.39, 0.29) is 11.8 Å². The van der Waals surface area contributed by atoms with E-state index in [1.165, 1.54) is 13.2 Å². The van der Waals surface area contributed by atoms with E-state index in [2.05, 4.69) is 5.43 Å². The summed E-state index contributed by atoms with van der Waals surface area (Å²) in [5, 5.41) is 0. The van der Waals surface area contributed by atoms with Crippen LogP contribution < -0.4 is 16.0 Å². The Morgan fingerprint density at radius 3 is 2.83 bits per heavy atom. The first-order valence-corrected chi connectivity index (χ1v) is 5.56. The molecule has 4 nitrogen and oxygen atoms in total. The van der Waals surface area contributed by atoms with Gasteiger partial charge in [0, 0.05) is 6.42 Å². The van der Waals surface area contributed by atoms with Gasteiger partial charge in [0.2, 0.25) is 0 Å². The number of benzene rings is 1. The number of furan rings is 1. The molecule has 0 aliphatic rings. The van der Waals surface area contributed by atoms with Crippen molar-refractivity contribution in [3.8, 4) is 5.75 Å². The number of halogens is 1. The molecule has 0 radical (unpaired) electrons. The normalized spacial score (nSPS) is 12.4. The van der Waals surface area contributed by atoms with Crippen LogP contribution in [0.1, 0.15) is 17.4 Å². The van der Waals surface area contributed by atoms with E-state index in [9.17, 15) is 4.39 Å². The predicted octanol–water partition coefficient (Wildman–Crippen LogP) is 2.17. The number of rotatable bonds is 5. The number of ether oxygens (including phenoxy) is 1. The largest absolute Gasteiger partial charge is 0.494 e. The highest BCUT2D eigenvalue weighted by molar-refractivity contribution is 5.31. The Balaban J connectivity index is 2.19. The van der Waals surface area contributed by atoms with Gasteiger partial charge < -0.3 is 9.15 Å². The first kappa shape index (κ1) is 12.6. The average Bonchev–Trinajstić information content (AvgIpc) is 2.88. The standard InChI is InChI=1S/C13H15FN2O2/c1-17-13-5-4-9(7-11(13)14)12(16-15)8-10-3-2-6-18-10/h2-7,12,16H,8,15H2,1H3. The van der Waals surface area contributed by atoms with Crippen molar-refractivity contribution in [2.45, 2.75) is 12.5 Å². The number of methoxy groups -OCH3 is 1. The van der Waals surface area contributed by atoms with Crippen LogP contribution in [0, 0.1) is 5.82 Å². The maximum Gasteiger partial charge on any atom is 0.165 e. The molecular formula is C13H15FN2O2. The van der Waals surface area contributed by atoms with E-state index in [0.717, 1.165) is 11.3 Å². The molecule has 0 spiro atoms. The van der Waals surface area contributed by atoms with Gasteiger partial charge in [-0.05, 0) is 29.8 Å². The molecule has 1 heterocycles. The fourth-order valence-electron chi connectivity index (χ4n) is 1.80. The summed E-state index contributed by atoms with van der Waals surface area (Å²) in [4.78, 5) is 0. The lowest BCUT2D eigenvalue weighted by molar-refractivity contribution is 0.385. The van der Waals surface area contributed by atoms with Crippen LogP contribution in [-0.4, -0.2) is 7.11 Å². The smallest absolute Gasteiger partial charge is 0.165 e. The Morgan fingerprint density at radius 2 is 2.28 bits per heavy atom. The number of nitrogens with two attached hydrogens (primary N) is 1. The van der Waals surface area contributed by atoms with Crippen LogP contribution in [0.4, 0.5) is 4.39 Å². The molecule has 0 aliphatic heterocycles. The van der Waals surface area contributed by atoms with E-state index in [4.69, 9.17) is 15.0 Å². The number of hydrogen-bond donors (Lipinski definition) is 2. The predicted molar refractivity (Wildman–Crippen MR) is 65.4 cm³/mol. The molecule has 0 aliphatic carbocycles. The van der Waals surface area contributed by atoms with Gasteiger partial charge in [0.15, 0.2) is 11.6 Å². The second kappa shape index (κ2) is 5.66. The SMILES string of the molecule is COc1ccc(C(Cc2ccco2)NN)cc1F. The second-order valence-electron chi connectivity index (χ2n) is 3.90. The minimum absolute atomic E-state index is 0.212. The molecule has 3 N–H and O–H groups in total. The van der Waals surface area contributed by atoms with Crippen LogP contribution in [0.5, 0.6) is 5.75 Å². The number of nitrogens with one attached hydrogen (secondary N) is 1. The zero-order valence-corrected chi connectivity index (χ0v) is 10.0. The molecule has 0 amide bonds. The first-order chi connectivity index (χ1) is 8.74. The maximum absolute atomic E-state index is 13.6. The lowest BCUT2D eigenvalue weighted by atomic mass is 10.0.